The van der Waals surface area contributed by atoms with Gasteiger partial charge in [0.2, 0.25) is 0 Å². The summed E-state index contributed by atoms with van der Waals surface area (Å²) in [5, 5.41) is 10.9. The lowest BCUT2D eigenvalue weighted by molar-refractivity contribution is -0.392. The van der Waals surface area contributed by atoms with E-state index in [2.05, 4.69) is 9.88 Å². The highest BCUT2D eigenvalue weighted by atomic mass is 16.6. The van der Waals surface area contributed by atoms with Crippen LogP contribution in [0.15, 0.2) is 6.20 Å². The molecule has 0 saturated carbocycles. The van der Waals surface area contributed by atoms with Gasteiger partial charge in [-0.05, 0) is 56.7 Å². The fourth-order valence-corrected chi connectivity index (χ4v) is 2.84. The van der Waals surface area contributed by atoms with E-state index in [1.165, 1.54) is 51.5 Å². The lowest BCUT2D eigenvalue weighted by Crippen LogP contribution is -2.30. The lowest BCUT2D eigenvalue weighted by Gasteiger charge is -2.26. The lowest BCUT2D eigenvalue weighted by atomic mass is 10.1. The summed E-state index contributed by atoms with van der Waals surface area (Å²) in [4.78, 5) is 17.1. The van der Waals surface area contributed by atoms with Crippen LogP contribution in [0.1, 0.15) is 44.3 Å². The standard InChI is InChI=1S/C14H24N4O2/c1-13-15-12-14(18(19)20)17(13)11-7-3-6-10-16-8-4-2-5-9-16/h12H,2-11H2,1H3. The van der Waals surface area contributed by atoms with Gasteiger partial charge < -0.3 is 15.0 Å². The molecule has 0 aromatic carbocycles. The highest BCUT2D eigenvalue weighted by Gasteiger charge is 2.16. The van der Waals surface area contributed by atoms with Crippen molar-refractivity contribution in [2.45, 2.75) is 52.0 Å². The molecule has 1 fully saturated rings. The second kappa shape index (κ2) is 7.38. The molecule has 2 rings (SSSR count). The minimum atomic E-state index is -0.353. The Hall–Kier alpha value is -1.43. The molecule has 2 heterocycles. The number of unbranched alkanes of at least 4 members (excludes halogenated alkanes) is 2. The second-order valence-electron chi connectivity index (χ2n) is 5.54. The smallest absolute Gasteiger partial charge is 0.342 e. The zero-order chi connectivity index (χ0) is 14.4. The maximum absolute atomic E-state index is 10.9. The van der Waals surface area contributed by atoms with E-state index in [1.54, 1.807) is 4.57 Å². The molecular weight excluding hydrogens is 256 g/mol. The van der Waals surface area contributed by atoms with Crippen LogP contribution in [0.3, 0.4) is 0 Å². The number of nitro groups is 1. The van der Waals surface area contributed by atoms with Crippen molar-refractivity contribution in [2.24, 2.45) is 0 Å². The van der Waals surface area contributed by atoms with Crippen molar-refractivity contribution in [3.63, 3.8) is 0 Å². The summed E-state index contributed by atoms with van der Waals surface area (Å²) >= 11 is 0. The molecule has 0 amide bonds. The maximum Gasteiger partial charge on any atom is 0.342 e. The molecular formula is C14H24N4O2. The summed E-state index contributed by atoms with van der Waals surface area (Å²) in [6, 6.07) is 0. The van der Waals surface area contributed by atoms with Crippen LogP contribution in [0.4, 0.5) is 5.82 Å². The number of hydrogen-bond donors (Lipinski definition) is 0. The van der Waals surface area contributed by atoms with Crippen LogP contribution in [0.2, 0.25) is 0 Å². The Labute approximate surface area is 119 Å². The number of hydrogen-bond acceptors (Lipinski definition) is 4. The van der Waals surface area contributed by atoms with Gasteiger partial charge in [0.05, 0.1) is 6.54 Å². The summed E-state index contributed by atoms with van der Waals surface area (Å²) in [7, 11) is 0. The van der Waals surface area contributed by atoms with Gasteiger partial charge in [-0.25, -0.2) is 9.55 Å². The first-order valence-corrected chi connectivity index (χ1v) is 7.57. The SMILES string of the molecule is Cc1ncc([N+](=O)[O-])n1CCCCCN1CCCCC1. The average molecular weight is 280 g/mol. The Morgan fingerprint density at radius 2 is 1.90 bits per heavy atom. The number of imidazole rings is 1. The van der Waals surface area contributed by atoms with Gasteiger partial charge in [-0.15, -0.1) is 0 Å². The molecule has 1 aliphatic heterocycles. The van der Waals surface area contributed by atoms with Crippen LogP contribution in [-0.2, 0) is 6.54 Å². The fraction of sp³-hybridized carbons (Fsp3) is 0.786. The molecule has 1 aliphatic rings. The third kappa shape index (κ3) is 4.03. The number of aryl methyl sites for hydroxylation is 1. The quantitative estimate of drug-likeness (QED) is 0.437. The normalized spacial score (nSPS) is 16.4. The van der Waals surface area contributed by atoms with E-state index in [4.69, 9.17) is 0 Å². The fourth-order valence-electron chi connectivity index (χ4n) is 2.84. The van der Waals surface area contributed by atoms with Crippen LogP contribution in [0.5, 0.6) is 0 Å². The van der Waals surface area contributed by atoms with Crippen molar-refractivity contribution in [3.05, 3.63) is 22.1 Å². The van der Waals surface area contributed by atoms with E-state index in [9.17, 15) is 10.1 Å². The number of nitrogens with zero attached hydrogens (tertiary/aromatic N) is 4. The molecule has 6 nitrogen and oxygen atoms in total. The predicted molar refractivity (Wildman–Crippen MR) is 77.8 cm³/mol. The van der Waals surface area contributed by atoms with E-state index in [0.717, 1.165) is 18.7 Å². The monoisotopic (exact) mass is 280 g/mol. The molecule has 112 valence electrons. The van der Waals surface area contributed by atoms with Crippen molar-refractivity contribution >= 4 is 5.82 Å². The van der Waals surface area contributed by atoms with Crippen LogP contribution in [0, 0.1) is 17.0 Å². The molecule has 6 heteroatoms. The summed E-state index contributed by atoms with van der Waals surface area (Å²) in [6.45, 7) is 6.17. The maximum atomic E-state index is 10.9. The van der Waals surface area contributed by atoms with E-state index in [1.807, 2.05) is 6.92 Å². The van der Waals surface area contributed by atoms with Gasteiger partial charge >= 0.3 is 5.82 Å². The molecule has 0 spiro atoms. The molecule has 0 atom stereocenters. The van der Waals surface area contributed by atoms with Gasteiger partial charge in [-0.3, -0.25) is 0 Å². The number of aromatic nitrogens is 2. The van der Waals surface area contributed by atoms with Crippen molar-refractivity contribution < 1.29 is 4.92 Å². The zero-order valence-electron chi connectivity index (χ0n) is 12.3. The molecule has 1 saturated heterocycles. The first kappa shape index (κ1) is 15.0. The van der Waals surface area contributed by atoms with E-state index < -0.39 is 0 Å². The highest BCUT2D eigenvalue weighted by Crippen LogP contribution is 2.15. The Balaban J connectivity index is 1.68. The molecule has 0 N–H and O–H groups in total. The van der Waals surface area contributed by atoms with Crippen LogP contribution < -0.4 is 0 Å². The first-order valence-electron chi connectivity index (χ1n) is 7.57. The Kier molecular flexibility index (Phi) is 5.52. The van der Waals surface area contributed by atoms with Gasteiger partial charge in [0.1, 0.15) is 6.20 Å². The average Bonchev–Trinajstić information content (AvgIpc) is 2.81. The third-order valence-electron chi connectivity index (χ3n) is 4.03. The van der Waals surface area contributed by atoms with Gasteiger partial charge in [-0.2, -0.15) is 0 Å². The first-order chi connectivity index (χ1) is 9.68. The van der Waals surface area contributed by atoms with E-state index in [0.29, 0.717) is 6.54 Å². The molecule has 0 bridgehead atoms. The largest absolute Gasteiger partial charge is 0.358 e. The molecule has 20 heavy (non-hydrogen) atoms. The van der Waals surface area contributed by atoms with E-state index >= 15 is 0 Å². The molecule has 1 aromatic heterocycles. The summed E-state index contributed by atoms with van der Waals surface area (Å²) in [5.74, 6) is 0.839. The Bertz CT molecular complexity index is 438. The second-order valence-corrected chi connectivity index (χ2v) is 5.54. The van der Waals surface area contributed by atoms with E-state index in [-0.39, 0.29) is 10.7 Å². The van der Waals surface area contributed by atoms with Crippen LogP contribution in [-0.4, -0.2) is 39.0 Å². The molecule has 0 unspecified atom stereocenters. The minimum Gasteiger partial charge on any atom is -0.358 e. The van der Waals surface area contributed by atoms with Crippen molar-refractivity contribution in [1.82, 2.24) is 14.5 Å². The van der Waals surface area contributed by atoms with Gasteiger partial charge in [-0.1, -0.05) is 6.42 Å². The number of piperidine rings is 1. The van der Waals surface area contributed by atoms with Crippen molar-refractivity contribution in [1.29, 1.82) is 0 Å². The molecule has 0 radical (unpaired) electrons. The molecule has 1 aromatic rings. The summed E-state index contributed by atoms with van der Waals surface area (Å²) in [5.41, 5.74) is 0. The third-order valence-corrected chi connectivity index (χ3v) is 4.03. The number of likely N-dealkylation sites (tertiary alicyclic amines) is 1. The highest BCUT2D eigenvalue weighted by molar-refractivity contribution is 5.18. The molecule has 0 aliphatic carbocycles. The van der Waals surface area contributed by atoms with Crippen LogP contribution in [0.25, 0.3) is 0 Å². The van der Waals surface area contributed by atoms with Gasteiger partial charge in [0.15, 0.2) is 5.82 Å². The minimum absolute atomic E-state index is 0.110. The summed E-state index contributed by atoms with van der Waals surface area (Å²) in [6.07, 6.45) is 8.67. The van der Waals surface area contributed by atoms with Crippen LogP contribution >= 0.6 is 0 Å². The van der Waals surface area contributed by atoms with Gasteiger partial charge in [0, 0.05) is 6.92 Å². The zero-order valence-corrected chi connectivity index (χ0v) is 12.3. The summed E-state index contributed by atoms with van der Waals surface area (Å²) < 4.78 is 1.71. The Morgan fingerprint density at radius 1 is 1.20 bits per heavy atom. The van der Waals surface area contributed by atoms with Crippen molar-refractivity contribution in [3.8, 4) is 0 Å². The Morgan fingerprint density at radius 3 is 2.60 bits per heavy atom. The van der Waals surface area contributed by atoms with Crippen molar-refractivity contribution in [2.75, 3.05) is 19.6 Å². The topological polar surface area (TPSA) is 64.2 Å². The number of rotatable bonds is 7. The predicted octanol–water partition coefficient (Wildman–Crippen LogP) is 2.76. The van der Waals surface area contributed by atoms with Gasteiger partial charge in [0.25, 0.3) is 0 Å².